The maximum atomic E-state index is 12.2. The Morgan fingerprint density at radius 3 is 2.20 bits per heavy atom. The van der Waals surface area contributed by atoms with Gasteiger partial charge in [-0.2, -0.15) is 0 Å². The van der Waals surface area contributed by atoms with Gasteiger partial charge in [-0.15, -0.1) is 0 Å². The molecular formula is C21H22N4O4S. The van der Waals surface area contributed by atoms with E-state index in [9.17, 15) is 19.1 Å². The van der Waals surface area contributed by atoms with Crippen LogP contribution in [0, 0.1) is 17.0 Å². The van der Waals surface area contributed by atoms with Gasteiger partial charge in [-0.25, -0.2) is 4.21 Å². The van der Waals surface area contributed by atoms with Gasteiger partial charge in [-0.05, 0) is 55.0 Å². The number of nitro groups is 1. The van der Waals surface area contributed by atoms with E-state index in [4.69, 9.17) is 0 Å². The number of carbonyl (C=O) groups is 1. The molecule has 3 aromatic rings. The Labute approximate surface area is 177 Å². The van der Waals surface area contributed by atoms with E-state index in [1.54, 1.807) is 43.4 Å². The number of nitrogens with zero attached hydrogens (tertiary/aromatic N) is 1. The molecule has 0 heterocycles. The number of amides is 1. The SMILES string of the molecule is CNc1ccc([N+](=O)[O-])cc1.Cc1cccc(NS(=O)c2cccc(NC=O)c2)c1. The summed E-state index contributed by atoms with van der Waals surface area (Å²) < 4.78 is 15.1. The molecule has 3 aromatic carbocycles. The normalized spacial score (nSPS) is 10.7. The fourth-order valence-electron chi connectivity index (χ4n) is 2.39. The smallest absolute Gasteiger partial charge is 0.269 e. The number of benzene rings is 3. The second-order valence-corrected chi connectivity index (χ2v) is 7.30. The van der Waals surface area contributed by atoms with Crippen molar-refractivity contribution in [3.63, 3.8) is 0 Å². The number of aryl methyl sites for hydroxylation is 1. The maximum Gasteiger partial charge on any atom is 0.269 e. The van der Waals surface area contributed by atoms with Crippen LogP contribution in [0.25, 0.3) is 0 Å². The Bertz CT molecular complexity index is 1030. The van der Waals surface area contributed by atoms with Gasteiger partial charge >= 0.3 is 0 Å². The van der Waals surface area contributed by atoms with E-state index >= 15 is 0 Å². The van der Waals surface area contributed by atoms with Crippen LogP contribution in [0.4, 0.5) is 22.7 Å². The third-order valence-electron chi connectivity index (χ3n) is 3.87. The van der Waals surface area contributed by atoms with E-state index in [0.717, 1.165) is 16.9 Å². The molecule has 30 heavy (non-hydrogen) atoms. The van der Waals surface area contributed by atoms with Crippen molar-refractivity contribution < 1.29 is 13.9 Å². The van der Waals surface area contributed by atoms with Crippen molar-refractivity contribution >= 4 is 40.1 Å². The van der Waals surface area contributed by atoms with Crippen LogP contribution in [0.2, 0.25) is 0 Å². The molecule has 0 aliphatic rings. The number of anilines is 3. The van der Waals surface area contributed by atoms with Crippen LogP contribution in [0.15, 0.2) is 77.7 Å². The van der Waals surface area contributed by atoms with Crippen molar-refractivity contribution in [2.75, 3.05) is 22.4 Å². The minimum atomic E-state index is -1.36. The summed E-state index contributed by atoms with van der Waals surface area (Å²) in [4.78, 5) is 20.8. The number of hydrogen-bond donors (Lipinski definition) is 3. The van der Waals surface area contributed by atoms with Crippen LogP contribution in [-0.4, -0.2) is 22.6 Å². The first-order chi connectivity index (χ1) is 14.4. The maximum absolute atomic E-state index is 12.2. The predicted octanol–water partition coefficient (Wildman–Crippen LogP) is 4.33. The molecule has 156 valence electrons. The molecule has 0 spiro atoms. The standard InChI is InChI=1S/C14H14N2O2S.C7H8N2O2/c1-11-4-2-6-13(8-11)16-19(18)14-7-3-5-12(9-14)15-10-17;1-8-6-2-4-7(5-3-6)9(10)11/h2-10,16H,1H3,(H,15,17);2-5,8H,1H3. The Morgan fingerprint density at radius 2 is 1.60 bits per heavy atom. The highest BCUT2D eigenvalue weighted by Crippen LogP contribution is 2.17. The number of non-ortho nitro benzene ring substituents is 1. The molecule has 0 aliphatic carbocycles. The van der Waals surface area contributed by atoms with Crippen molar-refractivity contribution in [3.05, 3.63) is 88.5 Å². The van der Waals surface area contributed by atoms with E-state index in [-0.39, 0.29) is 5.69 Å². The molecular weight excluding hydrogens is 404 g/mol. The first-order valence-corrected chi connectivity index (χ1v) is 10.1. The molecule has 1 atom stereocenters. The van der Waals surface area contributed by atoms with E-state index in [0.29, 0.717) is 17.0 Å². The third-order valence-corrected chi connectivity index (χ3v) is 4.97. The second kappa shape index (κ2) is 11.3. The summed E-state index contributed by atoms with van der Waals surface area (Å²) in [5.74, 6) is 0. The Morgan fingerprint density at radius 1 is 0.933 bits per heavy atom. The summed E-state index contributed by atoms with van der Waals surface area (Å²) in [5.41, 5.74) is 3.50. The lowest BCUT2D eigenvalue weighted by Crippen LogP contribution is -2.05. The van der Waals surface area contributed by atoms with Gasteiger partial charge in [0.2, 0.25) is 6.41 Å². The van der Waals surface area contributed by atoms with Crippen molar-refractivity contribution in [2.45, 2.75) is 11.8 Å². The van der Waals surface area contributed by atoms with Crippen LogP contribution in [0.3, 0.4) is 0 Å². The minimum Gasteiger partial charge on any atom is -0.388 e. The van der Waals surface area contributed by atoms with Crippen LogP contribution in [-0.2, 0) is 15.8 Å². The summed E-state index contributed by atoms with van der Waals surface area (Å²) in [6, 6.07) is 20.8. The van der Waals surface area contributed by atoms with Crippen LogP contribution < -0.4 is 15.4 Å². The molecule has 0 aromatic heterocycles. The van der Waals surface area contributed by atoms with Gasteiger partial charge in [-0.3, -0.25) is 14.9 Å². The number of hydrogen-bond acceptors (Lipinski definition) is 5. The number of nitrogens with one attached hydrogen (secondary N) is 3. The molecule has 0 fully saturated rings. The fraction of sp³-hybridized carbons (Fsp3) is 0.0952. The van der Waals surface area contributed by atoms with E-state index in [1.807, 2.05) is 31.2 Å². The van der Waals surface area contributed by atoms with Crippen LogP contribution >= 0.6 is 0 Å². The molecule has 0 saturated carbocycles. The topological polar surface area (TPSA) is 113 Å². The summed E-state index contributed by atoms with van der Waals surface area (Å²) in [7, 11) is 0.403. The lowest BCUT2D eigenvalue weighted by Gasteiger charge is -2.08. The van der Waals surface area contributed by atoms with Crippen LogP contribution in [0.1, 0.15) is 5.56 Å². The van der Waals surface area contributed by atoms with Crippen LogP contribution in [0.5, 0.6) is 0 Å². The zero-order valence-corrected chi connectivity index (χ0v) is 17.3. The van der Waals surface area contributed by atoms with Crippen molar-refractivity contribution in [3.8, 4) is 0 Å². The minimum absolute atomic E-state index is 0.115. The molecule has 9 heteroatoms. The molecule has 0 bridgehead atoms. The lowest BCUT2D eigenvalue weighted by atomic mass is 10.2. The van der Waals surface area contributed by atoms with Gasteiger partial charge in [0.05, 0.1) is 9.82 Å². The van der Waals surface area contributed by atoms with Crippen molar-refractivity contribution in [2.24, 2.45) is 0 Å². The Balaban J connectivity index is 0.000000248. The van der Waals surface area contributed by atoms with Gasteiger partial charge in [0.15, 0.2) is 0 Å². The van der Waals surface area contributed by atoms with Crippen molar-refractivity contribution in [1.29, 1.82) is 0 Å². The summed E-state index contributed by atoms with van der Waals surface area (Å²) in [5, 5.41) is 15.6. The first-order valence-electron chi connectivity index (χ1n) is 8.90. The molecule has 8 nitrogen and oxygen atoms in total. The Hall–Kier alpha value is -3.72. The number of nitro benzene ring substituents is 1. The highest BCUT2D eigenvalue weighted by Gasteiger charge is 2.05. The van der Waals surface area contributed by atoms with Gasteiger partial charge in [-0.1, -0.05) is 18.2 Å². The second-order valence-electron chi connectivity index (χ2n) is 6.08. The third kappa shape index (κ3) is 7.02. The monoisotopic (exact) mass is 426 g/mol. The summed E-state index contributed by atoms with van der Waals surface area (Å²) in [6.45, 7) is 1.97. The summed E-state index contributed by atoms with van der Waals surface area (Å²) in [6.07, 6.45) is 0.593. The zero-order chi connectivity index (χ0) is 21.9. The first kappa shape index (κ1) is 22.6. The molecule has 1 amide bonds. The molecule has 1 unspecified atom stereocenters. The lowest BCUT2D eigenvalue weighted by molar-refractivity contribution is -0.384. The molecule has 0 saturated heterocycles. The highest BCUT2D eigenvalue weighted by molar-refractivity contribution is 7.86. The average molecular weight is 426 g/mol. The predicted molar refractivity (Wildman–Crippen MR) is 120 cm³/mol. The number of rotatable bonds is 7. The van der Waals surface area contributed by atoms with E-state index in [1.165, 1.54) is 12.1 Å². The molecule has 0 aliphatic heterocycles. The van der Waals surface area contributed by atoms with Gasteiger partial charge < -0.3 is 15.4 Å². The Kier molecular flexibility index (Phi) is 8.52. The van der Waals surface area contributed by atoms with Gasteiger partial charge in [0.1, 0.15) is 11.0 Å². The largest absolute Gasteiger partial charge is 0.388 e. The molecule has 3 N–H and O–H groups in total. The molecule has 0 radical (unpaired) electrons. The summed E-state index contributed by atoms with van der Waals surface area (Å²) >= 11 is 0. The zero-order valence-electron chi connectivity index (χ0n) is 16.5. The van der Waals surface area contributed by atoms with E-state index < -0.39 is 15.9 Å². The molecule has 3 rings (SSSR count). The van der Waals surface area contributed by atoms with Gasteiger partial charge in [0, 0.05) is 36.2 Å². The van der Waals surface area contributed by atoms with Gasteiger partial charge in [0.25, 0.3) is 5.69 Å². The highest BCUT2D eigenvalue weighted by atomic mass is 32.2. The van der Waals surface area contributed by atoms with E-state index in [2.05, 4.69) is 15.4 Å². The fourth-order valence-corrected chi connectivity index (χ4v) is 3.29. The van der Waals surface area contributed by atoms with Crippen molar-refractivity contribution in [1.82, 2.24) is 0 Å². The number of carbonyl (C=O) groups excluding carboxylic acids is 1. The quantitative estimate of drug-likeness (QED) is 0.296. The average Bonchev–Trinajstić information content (AvgIpc) is 2.75.